The summed E-state index contributed by atoms with van der Waals surface area (Å²) in [6.07, 6.45) is 0.578. The molecule has 0 bridgehead atoms. The Bertz CT molecular complexity index is 579. The molecule has 3 rings (SSSR count). The third kappa shape index (κ3) is 2.52. The number of carbonyl (C=O) groups excluding carboxylic acids is 1. The molecule has 102 valence electrons. The molecule has 1 heterocycles. The molecular weight excluding hydrogens is 246 g/mol. The van der Waals surface area contributed by atoms with E-state index in [9.17, 15) is 4.79 Å². The van der Waals surface area contributed by atoms with Crippen LogP contribution < -0.4 is 5.32 Å². The van der Waals surface area contributed by atoms with E-state index < -0.39 is 0 Å². The predicted octanol–water partition coefficient (Wildman–Crippen LogP) is 3.67. The zero-order valence-electron chi connectivity index (χ0n) is 11.6. The fourth-order valence-electron chi connectivity index (χ4n) is 2.94. The van der Waals surface area contributed by atoms with E-state index in [1.165, 1.54) is 11.1 Å². The lowest BCUT2D eigenvalue weighted by atomic mass is 9.82. The largest absolute Gasteiger partial charge is 0.302 e. The van der Waals surface area contributed by atoms with Crippen molar-refractivity contribution in [2.75, 3.05) is 0 Å². The van der Waals surface area contributed by atoms with Gasteiger partial charge in [0.1, 0.15) is 5.78 Å². The molecule has 1 fully saturated rings. The van der Waals surface area contributed by atoms with Crippen molar-refractivity contribution < 1.29 is 4.79 Å². The Labute approximate surface area is 119 Å². The van der Waals surface area contributed by atoms with Gasteiger partial charge in [-0.1, -0.05) is 67.6 Å². The lowest BCUT2D eigenvalue weighted by molar-refractivity contribution is -0.126. The maximum Gasteiger partial charge on any atom is 0.139 e. The van der Waals surface area contributed by atoms with Crippen LogP contribution in [-0.2, 0) is 4.79 Å². The van der Waals surface area contributed by atoms with Gasteiger partial charge >= 0.3 is 0 Å². The van der Waals surface area contributed by atoms with E-state index in [0.717, 1.165) is 0 Å². The summed E-state index contributed by atoms with van der Waals surface area (Å²) >= 11 is 0. The van der Waals surface area contributed by atoms with E-state index in [1.807, 2.05) is 43.3 Å². The highest BCUT2D eigenvalue weighted by Crippen LogP contribution is 2.34. The Morgan fingerprint density at radius 3 is 2.05 bits per heavy atom. The van der Waals surface area contributed by atoms with Gasteiger partial charge in [0, 0.05) is 24.4 Å². The molecule has 1 saturated heterocycles. The first-order chi connectivity index (χ1) is 9.75. The molecule has 0 radical (unpaired) electrons. The minimum atomic E-state index is 0.0253. The molecule has 0 aromatic heterocycles. The van der Waals surface area contributed by atoms with E-state index >= 15 is 0 Å². The molecule has 0 unspecified atom stereocenters. The van der Waals surface area contributed by atoms with Crippen LogP contribution in [0, 0.1) is 5.92 Å². The molecule has 2 aromatic carbocycles. The van der Waals surface area contributed by atoms with Gasteiger partial charge < -0.3 is 5.32 Å². The van der Waals surface area contributed by atoms with Crippen LogP contribution in [0.4, 0.5) is 0 Å². The summed E-state index contributed by atoms with van der Waals surface area (Å²) in [7, 11) is 0. The molecule has 1 aliphatic heterocycles. The van der Waals surface area contributed by atoms with Crippen molar-refractivity contribution in [2.45, 2.75) is 25.4 Å². The fraction of sp³-hybridized carbons (Fsp3) is 0.278. The molecule has 0 aliphatic carbocycles. The van der Waals surface area contributed by atoms with Crippen LogP contribution in [0.15, 0.2) is 60.7 Å². The van der Waals surface area contributed by atoms with Crippen LogP contribution in [0.5, 0.6) is 0 Å². The zero-order chi connectivity index (χ0) is 13.9. The third-order valence-electron chi connectivity index (χ3n) is 4.15. The first-order valence-corrected chi connectivity index (χ1v) is 7.14. The van der Waals surface area contributed by atoms with E-state index in [0.29, 0.717) is 12.2 Å². The van der Waals surface area contributed by atoms with Gasteiger partial charge in [0.15, 0.2) is 0 Å². The van der Waals surface area contributed by atoms with Crippen molar-refractivity contribution in [3.05, 3.63) is 71.8 Å². The molecule has 1 N–H and O–H groups in total. The number of ketones is 1. The highest BCUT2D eigenvalue weighted by Gasteiger charge is 2.34. The van der Waals surface area contributed by atoms with Crippen molar-refractivity contribution in [1.82, 2.24) is 5.32 Å². The van der Waals surface area contributed by atoms with E-state index in [2.05, 4.69) is 29.6 Å². The van der Waals surface area contributed by atoms with E-state index in [-0.39, 0.29) is 18.0 Å². The minimum Gasteiger partial charge on any atom is -0.302 e. The number of rotatable bonds is 2. The van der Waals surface area contributed by atoms with Gasteiger partial charge in [-0.15, -0.1) is 0 Å². The van der Waals surface area contributed by atoms with Gasteiger partial charge in [0.2, 0.25) is 0 Å². The van der Waals surface area contributed by atoms with Crippen molar-refractivity contribution in [3.8, 4) is 0 Å². The lowest BCUT2D eigenvalue weighted by Crippen LogP contribution is -2.41. The molecule has 0 spiro atoms. The minimum absolute atomic E-state index is 0.0253. The SMILES string of the molecule is C[C@@H]1C(=O)C[C@@H](c2ccccc2)N[C@@H]1c1ccccc1. The summed E-state index contributed by atoms with van der Waals surface area (Å²) in [5, 5.41) is 3.65. The maximum atomic E-state index is 12.3. The predicted molar refractivity (Wildman–Crippen MR) is 80.3 cm³/mol. The van der Waals surface area contributed by atoms with Crippen molar-refractivity contribution in [1.29, 1.82) is 0 Å². The average molecular weight is 265 g/mol. The summed E-state index contributed by atoms with van der Waals surface area (Å²) in [4.78, 5) is 12.3. The number of hydrogen-bond acceptors (Lipinski definition) is 2. The molecular formula is C18H19NO. The van der Waals surface area contributed by atoms with Crippen LogP contribution in [-0.4, -0.2) is 5.78 Å². The van der Waals surface area contributed by atoms with Crippen LogP contribution in [0.1, 0.15) is 36.6 Å². The number of piperidine rings is 1. The summed E-state index contributed by atoms with van der Waals surface area (Å²) < 4.78 is 0. The fourth-order valence-corrected chi connectivity index (χ4v) is 2.94. The number of benzene rings is 2. The quantitative estimate of drug-likeness (QED) is 0.897. The van der Waals surface area contributed by atoms with Crippen molar-refractivity contribution in [3.63, 3.8) is 0 Å². The molecule has 1 aliphatic rings. The first-order valence-electron chi connectivity index (χ1n) is 7.14. The number of nitrogens with one attached hydrogen (secondary N) is 1. The van der Waals surface area contributed by atoms with Gasteiger partial charge in [0.25, 0.3) is 0 Å². The Hall–Kier alpha value is -1.93. The highest BCUT2D eigenvalue weighted by atomic mass is 16.1. The topological polar surface area (TPSA) is 29.1 Å². The molecule has 3 atom stereocenters. The lowest BCUT2D eigenvalue weighted by Gasteiger charge is -2.35. The number of Topliss-reactive ketones (excluding diaryl/α,β-unsaturated/α-hetero) is 1. The van der Waals surface area contributed by atoms with Crippen LogP contribution in [0.2, 0.25) is 0 Å². The monoisotopic (exact) mass is 265 g/mol. The summed E-state index contributed by atoms with van der Waals surface area (Å²) in [6.45, 7) is 2.02. The maximum absolute atomic E-state index is 12.3. The molecule has 2 nitrogen and oxygen atoms in total. The molecule has 0 amide bonds. The number of hydrogen-bond donors (Lipinski definition) is 1. The Balaban J connectivity index is 1.89. The molecule has 20 heavy (non-hydrogen) atoms. The normalized spacial score (nSPS) is 26.4. The van der Waals surface area contributed by atoms with Crippen molar-refractivity contribution >= 4 is 5.78 Å². The Kier molecular flexibility index (Phi) is 3.66. The summed E-state index contributed by atoms with van der Waals surface area (Å²) in [6, 6.07) is 20.7. The summed E-state index contributed by atoms with van der Waals surface area (Å²) in [5.41, 5.74) is 2.38. The smallest absolute Gasteiger partial charge is 0.139 e. The average Bonchev–Trinajstić information content (AvgIpc) is 2.51. The third-order valence-corrected chi connectivity index (χ3v) is 4.15. The van der Waals surface area contributed by atoms with E-state index in [1.54, 1.807) is 0 Å². The second-order valence-corrected chi connectivity index (χ2v) is 5.48. The molecule has 2 aromatic rings. The van der Waals surface area contributed by atoms with Crippen LogP contribution in [0.25, 0.3) is 0 Å². The zero-order valence-corrected chi connectivity index (χ0v) is 11.6. The second kappa shape index (κ2) is 5.59. The second-order valence-electron chi connectivity index (χ2n) is 5.48. The highest BCUT2D eigenvalue weighted by molar-refractivity contribution is 5.83. The van der Waals surface area contributed by atoms with Gasteiger partial charge in [-0.05, 0) is 11.1 Å². The van der Waals surface area contributed by atoms with Gasteiger partial charge in [0.05, 0.1) is 0 Å². The Morgan fingerprint density at radius 1 is 0.900 bits per heavy atom. The Morgan fingerprint density at radius 2 is 1.45 bits per heavy atom. The molecule has 2 heteroatoms. The van der Waals surface area contributed by atoms with Crippen LogP contribution >= 0.6 is 0 Å². The first kappa shape index (κ1) is 13.1. The van der Waals surface area contributed by atoms with Gasteiger partial charge in [-0.25, -0.2) is 0 Å². The molecule has 0 saturated carbocycles. The van der Waals surface area contributed by atoms with Crippen molar-refractivity contribution in [2.24, 2.45) is 5.92 Å². The van der Waals surface area contributed by atoms with E-state index in [4.69, 9.17) is 0 Å². The summed E-state index contributed by atoms with van der Waals surface area (Å²) in [5.74, 6) is 0.365. The van der Waals surface area contributed by atoms with Gasteiger partial charge in [-0.3, -0.25) is 4.79 Å². The number of carbonyl (C=O) groups is 1. The standard InChI is InChI=1S/C18H19NO/c1-13-17(20)12-16(14-8-4-2-5-9-14)19-18(13)15-10-6-3-7-11-15/h2-11,13,16,18-19H,12H2,1H3/t13-,16+,18+/m1/s1. The van der Waals surface area contributed by atoms with Gasteiger partial charge in [-0.2, -0.15) is 0 Å². The van der Waals surface area contributed by atoms with Crippen LogP contribution in [0.3, 0.4) is 0 Å².